The lowest BCUT2D eigenvalue weighted by atomic mass is 9.99. The van der Waals surface area contributed by atoms with Crippen LogP contribution in [0.1, 0.15) is 33.5 Å². The number of carbonyl (C=O) groups is 3. The summed E-state index contributed by atoms with van der Waals surface area (Å²) in [6.45, 7) is 1.43. The molecule has 8 heteroatoms. The van der Waals surface area contributed by atoms with E-state index in [2.05, 4.69) is 27.7 Å². The highest BCUT2D eigenvalue weighted by atomic mass is 16.5. The van der Waals surface area contributed by atoms with E-state index in [4.69, 9.17) is 4.74 Å². The third kappa shape index (κ3) is 6.82. The number of fused-ring (bicyclic) bond motifs is 1. The minimum Gasteiger partial charge on any atom is -0.465 e. The first-order chi connectivity index (χ1) is 20.8. The topological polar surface area (TPSA) is 91.0 Å². The van der Waals surface area contributed by atoms with Gasteiger partial charge in [-0.15, -0.1) is 0 Å². The maximum atomic E-state index is 13.2. The Labute approximate surface area is 251 Å². The summed E-state index contributed by atoms with van der Waals surface area (Å²) in [6, 6.07) is 32.3. The van der Waals surface area contributed by atoms with Gasteiger partial charge in [0.1, 0.15) is 0 Å². The number of hydrogen-bond acceptors (Lipinski definition) is 6. The summed E-state index contributed by atoms with van der Waals surface area (Å²) >= 11 is 0. The molecule has 43 heavy (non-hydrogen) atoms. The maximum absolute atomic E-state index is 13.2. The van der Waals surface area contributed by atoms with Crippen molar-refractivity contribution in [2.75, 3.05) is 43.3 Å². The maximum Gasteiger partial charge on any atom is 0.337 e. The molecule has 1 aliphatic heterocycles. The van der Waals surface area contributed by atoms with Crippen LogP contribution in [0, 0.1) is 0 Å². The summed E-state index contributed by atoms with van der Waals surface area (Å²) in [5.41, 5.74) is 6.24. The second-order valence-electron chi connectivity index (χ2n) is 10.4. The predicted octanol–water partition coefficient (Wildman–Crippen LogP) is 5.89. The third-order valence-electron chi connectivity index (χ3n) is 7.40. The zero-order valence-electron chi connectivity index (χ0n) is 24.5. The predicted molar refractivity (Wildman–Crippen MR) is 171 cm³/mol. The molecule has 0 bridgehead atoms. The van der Waals surface area contributed by atoms with E-state index in [1.807, 2.05) is 79.8 Å². The van der Waals surface area contributed by atoms with E-state index in [1.165, 1.54) is 12.7 Å². The molecule has 5 rings (SSSR count). The van der Waals surface area contributed by atoms with Gasteiger partial charge in [0.25, 0.3) is 5.91 Å². The highest BCUT2D eigenvalue weighted by Crippen LogP contribution is 2.38. The molecule has 0 fully saturated rings. The molecule has 0 radical (unpaired) electrons. The van der Waals surface area contributed by atoms with Crippen molar-refractivity contribution < 1.29 is 19.1 Å². The summed E-state index contributed by atoms with van der Waals surface area (Å²) in [4.78, 5) is 42.0. The molecule has 0 saturated heterocycles. The number of methoxy groups -OCH3 is 1. The van der Waals surface area contributed by atoms with E-state index in [0.717, 1.165) is 23.5 Å². The Morgan fingerprint density at radius 3 is 2.19 bits per heavy atom. The van der Waals surface area contributed by atoms with Crippen LogP contribution in [0.15, 0.2) is 103 Å². The normalized spacial score (nSPS) is 13.3. The average Bonchev–Trinajstić information content (AvgIpc) is 3.37. The molecule has 218 valence electrons. The van der Waals surface area contributed by atoms with Gasteiger partial charge in [0.05, 0.1) is 29.6 Å². The minimum absolute atomic E-state index is 0.0262. The fourth-order valence-corrected chi connectivity index (χ4v) is 5.03. The monoisotopic (exact) mass is 574 g/mol. The number of hydrogen-bond donors (Lipinski definition) is 2. The van der Waals surface area contributed by atoms with E-state index >= 15 is 0 Å². The summed E-state index contributed by atoms with van der Waals surface area (Å²) in [6.07, 6.45) is 0.399. The van der Waals surface area contributed by atoms with E-state index in [9.17, 15) is 14.4 Å². The van der Waals surface area contributed by atoms with Gasteiger partial charge in [-0.1, -0.05) is 66.7 Å². The Morgan fingerprint density at radius 1 is 0.837 bits per heavy atom. The fraction of sp³-hybridized carbons (Fsp3) is 0.171. The van der Waals surface area contributed by atoms with Crippen molar-refractivity contribution in [1.82, 2.24) is 4.90 Å². The van der Waals surface area contributed by atoms with Crippen LogP contribution < -0.4 is 15.5 Å². The van der Waals surface area contributed by atoms with Gasteiger partial charge in [-0.2, -0.15) is 0 Å². The van der Waals surface area contributed by atoms with Crippen molar-refractivity contribution in [1.29, 1.82) is 0 Å². The molecule has 0 aliphatic carbocycles. The van der Waals surface area contributed by atoms with Gasteiger partial charge in [-0.25, -0.2) is 4.79 Å². The molecule has 1 aliphatic rings. The largest absolute Gasteiger partial charge is 0.465 e. The number of carbonyl (C=O) groups excluding carboxylic acids is 3. The van der Waals surface area contributed by atoms with Crippen molar-refractivity contribution >= 4 is 46.1 Å². The van der Waals surface area contributed by atoms with Gasteiger partial charge >= 0.3 is 5.97 Å². The van der Waals surface area contributed by atoms with E-state index in [0.29, 0.717) is 41.1 Å². The molecule has 2 N–H and O–H groups in total. The van der Waals surface area contributed by atoms with E-state index < -0.39 is 5.97 Å². The lowest BCUT2D eigenvalue weighted by Crippen LogP contribution is -2.30. The summed E-state index contributed by atoms with van der Waals surface area (Å²) in [5, 5.41) is 6.31. The molecule has 8 nitrogen and oxygen atoms in total. The number of esters is 1. The van der Waals surface area contributed by atoms with Crippen LogP contribution in [-0.4, -0.2) is 50.4 Å². The van der Waals surface area contributed by atoms with Gasteiger partial charge < -0.3 is 25.2 Å². The van der Waals surface area contributed by atoms with Gasteiger partial charge in [0.2, 0.25) is 5.91 Å². The van der Waals surface area contributed by atoms with Crippen LogP contribution in [0.25, 0.3) is 11.3 Å². The lowest BCUT2D eigenvalue weighted by molar-refractivity contribution is -0.118. The van der Waals surface area contributed by atoms with Crippen LogP contribution in [0.2, 0.25) is 0 Å². The summed E-state index contributed by atoms with van der Waals surface area (Å²) in [5.74, 6) is -0.723. The zero-order valence-corrected chi connectivity index (χ0v) is 24.5. The Kier molecular flexibility index (Phi) is 8.98. The van der Waals surface area contributed by atoms with E-state index in [1.54, 1.807) is 30.1 Å². The number of nitrogens with zero attached hydrogens (tertiary/aromatic N) is 2. The second-order valence-corrected chi connectivity index (χ2v) is 10.4. The van der Waals surface area contributed by atoms with Crippen LogP contribution in [0.5, 0.6) is 0 Å². The highest BCUT2D eigenvalue weighted by Gasteiger charge is 2.29. The third-order valence-corrected chi connectivity index (χ3v) is 7.40. The SMILES string of the molecule is COC(=O)c1ccc2c(c1)NC(=O)/C2=C(\Nc1ccc(N(C)C(=O)CCN(C)Cc2ccccc2)cc1)c1ccccc1. The van der Waals surface area contributed by atoms with Gasteiger partial charge in [0.15, 0.2) is 0 Å². The fourth-order valence-electron chi connectivity index (χ4n) is 5.03. The van der Waals surface area contributed by atoms with Crippen molar-refractivity contribution in [3.63, 3.8) is 0 Å². The molecule has 0 saturated carbocycles. The lowest BCUT2D eigenvalue weighted by Gasteiger charge is -2.21. The summed E-state index contributed by atoms with van der Waals surface area (Å²) < 4.78 is 4.83. The molecule has 0 spiro atoms. The molecular weight excluding hydrogens is 540 g/mol. The molecule has 1 heterocycles. The molecule has 0 atom stereocenters. The molecule has 4 aromatic rings. The molecule has 0 unspecified atom stereocenters. The van der Waals surface area contributed by atoms with Gasteiger partial charge in [-0.05, 0) is 54.6 Å². The van der Waals surface area contributed by atoms with Crippen LogP contribution in [0.4, 0.5) is 17.1 Å². The minimum atomic E-state index is -0.473. The highest BCUT2D eigenvalue weighted by molar-refractivity contribution is 6.37. The van der Waals surface area contributed by atoms with Crippen LogP contribution >= 0.6 is 0 Å². The van der Waals surface area contributed by atoms with Crippen LogP contribution in [0.3, 0.4) is 0 Å². The van der Waals surface area contributed by atoms with Crippen molar-refractivity contribution in [3.8, 4) is 0 Å². The number of benzene rings is 4. The van der Waals surface area contributed by atoms with Crippen molar-refractivity contribution in [2.45, 2.75) is 13.0 Å². The van der Waals surface area contributed by atoms with E-state index in [-0.39, 0.29) is 11.8 Å². The Balaban J connectivity index is 1.33. The number of nitrogens with one attached hydrogen (secondary N) is 2. The number of ether oxygens (including phenoxy) is 1. The Morgan fingerprint density at radius 2 is 1.51 bits per heavy atom. The molecule has 4 aromatic carbocycles. The first kappa shape index (κ1) is 29.3. The van der Waals surface area contributed by atoms with Crippen LogP contribution in [-0.2, 0) is 20.9 Å². The Hall–Kier alpha value is -5.21. The number of anilines is 3. The first-order valence-electron chi connectivity index (χ1n) is 14.0. The average molecular weight is 575 g/mol. The second kappa shape index (κ2) is 13.2. The molecule has 0 aromatic heterocycles. The molecule has 2 amide bonds. The van der Waals surface area contributed by atoms with Crippen molar-refractivity contribution in [3.05, 3.63) is 125 Å². The van der Waals surface area contributed by atoms with Crippen molar-refractivity contribution in [2.24, 2.45) is 0 Å². The van der Waals surface area contributed by atoms with Gasteiger partial charge in [0, 0.05) is 43.5 Å². The van der Waals surface area contributed by atoms with Gasteiger partial charge in [-0.3, -0.25) is 9.59 Å². The summed E-state index contributed by atoms with van der Waals surface area (Å²) in [7, 11) is 5.12. The molecular formula is C35H34N4O4. The first-order valence-corrected chi connectivity index (χ1v) is 14.0. The zero-order chi connectivity index (χ0) is 30.3. The standard InChI is InChI=1S/C35H34N4O4/c1-38(23-24-10-6-4-7-11-24)21-20-31(40)39(2)28-17-15-27(16-18-28)36-33(25-12-8-5-9-13-25)32-29-19-14-26(35(42)43-3)22-30(29)37-34(32)41/h4-19,22,36H,20-21,23H2,1-3H3,(H,37,41)/b33-32-. The number of rotatable bonds is 10. The smallest absolute Gasteiger partial charge is 0.337 e. The number of amides is 2. The quantitative estimate of drug-likeness (QED) is 0.181. The Bertz CT molecular complexity index is 1650.